The highest BCUT2D eigenvalue weighted by Crippen LogP contribution is 2.56. The van der Waals surface area contributed by atoms with E-state index in [2.05, 4.69) is 4.90 Å². The molecule has 17 heavy (non-hydrogen) atoms. The van der Waals surface area contributed by atoms with Gasteiger partial charge in [0.1, 0.15) is 0 Å². The quantitative estimate of drug-likeness (QED) is 0.794. The van der Waals surface area contributed by atoms with Gasteiger partial charge >= 0.3 is 0 Å². The van der Waals surface area contributed by atoms with Crippen LogP contribution in [0.15, 0.2) is 0 Å². The van der Waals surface area contributed by atoms with Crippen LogP contribution in [0.4, 0.5) is 0 Å². The zero-order chi connectivity index (χ0) is 11.8. The number of hydrogen-bond acceptors (Lipinski definition) is 2. The number of nitrogens with two attached hydrogens (primary N) is 1. The predicted octanol–water partition coefficient (Wildman–Crippen LogP) is 1.76. The molecule has 1 aliphatic heterocycles. The van der Waals surface area contributed by atoms with Crippen LogP contribution in [0.5, 0.6) is 0 Å². The van der Waals surface area contributed by atoms with Crippen molar-refractivity contribution in [2.75, 3.05) is 13.1 Å². The first kappa shape index (κ1) is 11.5. The molecule has 0 aromatic carbocycles. The first-order chi connectivity index (χ1) is 8.33. The summed E-state index contributed by atoms with van der Waals surface area (Å²) < 4.78 is 0. The van der Waals surface area contributed by atoms with Crippen LogP contribution in [0.3, 0.4) is 0 Å². The van der Waals surface area contributed by atoms with Crippen LogP contribution in [0.2, 0.25) is 0 Å². The third-order valence-corrected chi connectivity index (χ3v) is 5.12. The molecule has 3 nitrogen and oxygen atoms in total. The summed E-state index contributed by atoms with van der Waals surface area (Å²) >= 11 is 0. The Balaban J connectivity index is 1.65. The van der Waals surface area contributed by atoms with E-state index in [1.54, 1.807) is 0 Å². The second-order valence-electron chi connectivity index (χ2n) is 6.05. The van der Waals surface area contributed by atoms with Gasteiger partial charge in [-0.05, 0) is 43.9 Å². The highest BCUT2D eigenvalue weighted by Gasteiger charge is 2.56. The summed E-state index contributed by atoms with van der Waals surface area (Å²) in [5.41, 5.74) is 5.80. The van der Waals surface area contributed by atoms with Crippen molar-refractivity contribution < 1.29 is 4.79 Å². The third kappa shape index (κ3) is 1.99. The summed E-state index contributed by atoms with van der Waals surface area (Å²) in [6.45, 7) is 1.60. The Morgan fingerprint density at radius 3 is 2.35 bits per heavy atom. The van der Waals surface area contributed by atoms with Crippen molar-refractivity contribution in [3.8, 4) is 0 Å². The molecule has 3 unspecified atom stereocenters. The van der Waals surface area contributed by atoms with Crippen LogP contribution in [-0.4, -0.2) is 29.9 Å². The van der Waals surface area contributed by atoms with Gasteiger partial charge in [-0.1, -0.05) is 12.8 Å². The maximum Gasteiger partial charge on any atom is 0.226 e. The Labute approximate surface area is 104 Å². The number of amides is 1. The first-order valence-corrected chi connectivity index (χ1v) is 7.33. The molecule has 3 heteroatoms. The van der Waals surface area contributed by atoms with E-state index in [0.29, 0.717) is 24.4 Å². The van der Waals surface area contributed by atoms with E-state index in [1.165, 1.54) is 38.5 Å². The van der Waals surface area contributed by atoms with E-state index in [-0.39, 0.29) is 0 Å². The highest BCUT2D eigenvalue weighted by atomic mass is 16.2. The SMILES string of the molecule is NCC1CCCCN1C(=O)C1C2CCCCC21. The monoisotopic (exact) mass is 236 g/mol. The molecule has 1 heterocycles. The van der Waals surface area contributed by atoms with Crippen LogP contribution in [0.25, 0.3) is 0 Å². The van der Waals surface area contributed by atoms with Gasteiger partial charge in [0.25, 0.3) is 0 Å². The van der Waals surface area contributed by atoms with Gasteiger partial charge < -0.3 is 10.6 Å². The van der Waals surface area contributed by atoms with Crippen molar-refractivity contribution in [1.29, 1.82) is 0 Å². The number of fused-ring (bicyclic) bond motifs is 1. The van der Waals surface area contributed by atoms with Gasteiger partial charge in [-0.25, -0.2) is 0 Å². The average Bonchev–Trinajstić information content (AvgIpc) is 3.12. The van der Waals surface area contributed by atoms with Gasteiger partial charge in [0.2, 0.25) is 5.91 Å². The van der Waals surface area contributed by atoms with Crippen molar-refractivity contribution in [1.82, 2.24) is 4.90 Å². The minimum atomic E-state index is 0.332. The summed E-state index contributed by atoms with van der Waals surface area (Å²) in [5, 5.41) is 0. The summed E-state index contributed by atoms with van der Waals surface area (Å²) in [6, 6.07) is 0.332. The van der Waals surface area contributed by atoms with Crippen LogP contribution in [0, 0.1) is 17.8 Å². The molecule has 1 saturated heterocycles. The average molecular weight is 236 g/mol. The normalized spacial score (nSPS) is 40.9. The number of nitrogens with zero attached hydrogens (tertiary/aromatic N) is 1. The number of carbonyl (C=O) groups excluding carboxylic acids is 1. The molecule has 0 spiro atoms. The van der Waals surface area contributed by atoms with Crippen LogP contribution in [-0.2, 0) is 4.79 Å². The van der Waals surface area contributed by atoms with Crippen LogP contribution < -0.4 is 5.73 Å². The number of rotatable bonds is 2. The van der Waals surface area contributed by atoms with E-state index in [9.17, 15) is 4.79 Å². The van der Waals surface area contributed by atoms with Crippen LogP contribution in [0.1, 0.15) is 44.9 Å². The third-order valence-electron chi connectivity index (χ3n) is 5.12. The minimum Gasteiger partial charge on any atom is -0.338 e. The van der Waals surface area contributed by atoms with Gasteiger partial charge in [0.05, 0.1) is 0 Å². The minimum absolute atomic E-state index is 0.332. The largest absolute Gasteiger partial charge is 0.338 e. The Bertz CT molecular complexity index is 293. The molecule has 1 amide bonds. The van der Waals surface area contributed by atoms with Gasteiger partial charge in [0, 0.05) is 25.0 Å². The van der Waals surface area contributed by atoms with Gasteiger partial charge in [-0.3, -0.25) is 4.79 Å². The molecular weight excluding hydrogens is 212 g/mol. The van der Waals surface area contributed by atoms with Crippen molar-refractivity contribution in [3.05, 3.63) is 0 Å². The zero-order valence-electron chi connectivity index (χ0n) is 10.6. The second kappa shape index (κ2) is 4.60. The van der Waals surface area contributed by atoms with Crippen molar-refractivity contribution in [3.63, 3.8) is 0 Å². The van der Waals surface area contributed by atoms with Gasteiger partial charge in [-0.15, -0.1) is 0 Å². The van der Waals surface area contributed by atoms with Gasteiger partial charge in [-0.2, -0.15) is 0 Å². The fourth-order valence-corrected chi connectivity index (χ4v) is 4.09. The predicted molar refractivity (Wildman–Crippen MR) is 67.3 cm³/mol. The molecular formula is C14H24N2O. The number of carbonyl (C=O) groups is 1. The Morgan fingerprint density at radius 2 is 1.71 bits per heavy atom. The van der Waals surface area contributed by atoms with Crippen molar-refractivity contribution >= 4 is 5.91 Å². The zero-order valence-corrected chi connectivity index (χ0v) is 10.6. The molecule has 3 rings (SSSR count). The molecule has 2 N–H and O–H groups in total. The molecule has 0 aromatic heterocycles. The molecule has 3 fully saturated rings. The smallest absolute Gasteiger partial charge is 0.226 e. The highest BCUT2D eigenvalue weighted by molar-refractivity contribution is 5.82. The lowest BCUT2D eigenvalue weighted by molar-refractivity contribution is -0.136. The van der Waals surface area contributed by atoms with Crippen LogP contribution >= 0.6 is 0 Å². The molecule has 3 aliphatic rings. The lowest BCUT2D eigenvalue weighted by atomic mass is 10.0. The fourth-order valence-electron chi connectivity index (χ4n) is 4.09. The molecule has 0 radical (unpaired) electrons. The topological polar surface area (TPSA) is 46.3 Å². The number of hydrogen-bond donors (Lipinski definition) is 1. The molecule has 96 valence electrons. The van der Waals surface area contributed by atoms with E-state index >= 15 is 0 Å². The number of likely N-dealkylation sites (tertiary alicyclic amines) is 1. The molecule has 2 aliphatic carbocycles. The van der Waals surface area contributed by atoms with Crippen molar-refractivity contribution in [2.45, 2.75) is 51.0 Å². The maximum atomic E-state index is 12.6. The summed E-state index contributed by atoms with van der Waals surface area (Å²) in [6.07, 6.45) is 8.79. The first-order valence-electron chi connectivity index (χ1n) is 7.33. The molecule has 3 atom stereocenters. The molecule has 0 aromatic rings. The Morgan fingerprint density at radius 1 is 1.06 bits per heavy atom. The summed E-state index contributed by atoms with van der Waals surface area (Å²) in [7, 11) is 0. The maximum absolute atomic E-state index is 12.6. The van der Waals surface area contributed by atoms with Gasteiger partial charge in [0.15, 0.2) is 0 Å². The van der Waals surface area contributed by atoms with Crippen molar-refractivity contribution in [2.24, 2.45) is 23.5 Å². The summed E-state index contributed by atoms with van der Waals surface area (Å²) in [5.74, 6) is 2.29. The van der Waals surface area contributed by atoms with E-state index in [1.807, 2.05) is 0 Å². The lowest BCUT2D eigenvalue weighted by Crippen LogP contribution is -2.48. The Hall–Kier alpha value is -0.570. The summed E-state index contributed by atoms with van der Waals surface area (Å²) in [4.78, 5) is 14.7. The second-order valence-corrected chi connectivity index (χ2v) is 6.05. The standard InChI is InChI=1S/C14H24N2O/c15-9-10-5-3-4-8-16(10)14(17)13-11-6-1-2-7-12(11)13/h10-13H,1-9,15H2. The van der Waals surface area contributed by atoms with E-state index in [0.717, 1.165) is 24.8 Å². The molecule has 0 bridgehead atoms. The molecule has 2 saturated carbocycles. The van der Waals surface area contributed by atoms with E-state index < -0.39 is 0 Å². The lowest BCUT2D eigenvalue weighted by Gasteiger charge is -2.35. The van der Waals surface area contributed by atoms with E-state index in [4.69, 9.17) is 5.73 Å². The number of piperidine rings is 1. The Kier molecular flexibility index (Phi) is 3.12. The fraction of sp³-hybridized carbons (Fsp3) is 0.929.